The number of hydrogen-bond acceptors (Lipinski definition) is 3. The molecular formula is C16H11F3N2OS. The van der Waals surface area contributed by atoms with E-state index in [1.807, 2.05) is 12.3 Å². The number of thioether (sulfide) groups is 1. The first-order valence-electron chi connectivity index (χ1n) is 6.42. The number of carbonyl (C=O) groups excluding carboxylic acids is 1. The fraction of sp³-hybridized carbons (Fsp3) is 0.125. The minimum atomic E-state index is -4.51. The molecule has 2 aromatic carbocycles. The molecule has 0 saturated carbocycles. The van der Waals surface area contributed by atoms with Crippen molar-refractivity contribution in [1.82, 2.24) is 0 Å². The van der Waals surface area contributed by atoms with Gasteiger partial charge in [-0.2, -0.15) is 18.4 Å². The van der Waals surface area contributed by atoms with E-state index in [4.69, 9.17) is 5.26 Å². The van der Waals surface area contributed by atoms with E-state index in [0.717, 1.165) is 17.0 Å². The Morgan fingerprint density at radius 3 is 2.57 bits per heavy atom. The zero-order valence-corrected chi connectivity index (χ0v) is 12.8. The van der Waals surface area contributed by atoms with Crippen molar-refractivity contribution in [2.24, 2.45) is 0 Å². The first-order chi connectivity index (χ1) is 10.8. The molecule has 0 spiro atoms. The third kappa shape index (κ3) is 4.05. The van der Waals surface area contributed by atoms with Crippen LogP contribution < -0.4 is 5.32 Å². The lowest BCUT2D eigenvalue weighted by molar-refractivity contribution is -0.137. The highest BCUT2D eigenvalue weighted by Crippen LogP contribution is 2.30. The van der Waals surface area contributed by atoms with E-state index < -0.39 is 17.6 Å². The third-order valence-electron chi connectivity index (χ3n) is 3.03. The standard InChI is InChI=1S/C16H11F3N2OS/c1-23-14-6-5-13(8-11(14)9-20)21-15(22)10-3-2-4-12(7-10)16(17,18)19/h2-8H,1H3,(H,21,22). The number of carbonyl (C=O) groups is 1. The van der Waals surface area contributed by atoms with Crippen molar-refractivity contribution in [2.75, 3.05) is 11.6 Å². The first kappa shape index (κ1) is 16.9. The smallest absolute Gasteiger partial charge is 0.322 e. The molecule has 0 fully saturated rings. The van der Waals surface area contributed by atoms with Crippen LogP contribution in [-0.4, -0.2) is 12.2 Å². The van der Waals surface area contributed by atoms with Gasteiger partial charge in [0.25, 0.3) is 5.91 Å². The first-order valence-corrected chi connectivity index (χ1v) is 7.64. The van der Waals surface area contributed by atoms with Crippen molar-refractivity contribution in [1.29, 1.82) is 5.26 Å². The molecule has 1 N–H and O–H groups in total. The van der Waals surface area contributed by atoms with Crippen LogP contribution in [0, 0.1) is 11.3 Å². The minimum absolute atomic E-state index is 0.104. The van der Waals surface area contributed by atoms with E-state index in [0.29, 0.717) is 11.3 Å². The van der Waals surface area contributed by atoms with Crippen LogP contribution in [0.15, 0.2) is 47.4 Å². The van der Waals surface area contributed by atoms with Crippen LogP contribution in [-0.2, 0) is 6.18 Å². The van der Waals surface area contributed by atoms with Gasteiger partial charge in [-0.15, -0.1) is 11.8 Å². The number of nitrogens with one attached hydrogen (secondary N) is 1. The zero-order chi connectivity index (χ0) is 17.0. The summed E-state index contributed by atoms with van der Waals surface area (Å²) in [6.45, 7) is 0. The number of halogens is 3. The lowest BCUT2D eigenvalue weighted by Gasteiger charge is -2.10. The van der Waals surface area contributed by atoms with Crippen LogP contribution in [0.3, 0.4) is 0 Å². The van der Waals surface area contributed by atoms with E-state index >= 15 is 0 Å². The number of benzene rings is 2. The normalized spacial score (nSPS) is 10.9. The highest BCUT2D eigenvalue weighted by molar-refractivity contribution is 7.98. The summed E-state index contributed by atoms with van der Waals surface area (Å²) in [6.07, 6.45) is -2.69. The lowest BCUT2D eigenvalue weighted by atomic mass is 10.1. The molecule has 118 valence electrons. The average Bonchev–Trinajstić information content (AvgIpc) is 2.54. The van der Waals surface area contributed by atoms with Crippen LogP contribution >= 0.6 is 11.8 Å². The summed E-state index contributed by atoms with van der Waals surface area (Å²) >= 11 is 1.39. The molecule has 0 unspecified atom stereocenters. The number of alkyl halides is 3. The molecule has 0 aliphatic rings. The summed E-state index contributed by atoms with van der Waals surface area (Å²) in [5, 5.41) is 11.5. The van der Waals surface area contributed by atoms with Gasteiger partial charge in [-0.05, 0) is 42.7 Å². The Labute approximate surface area is 135 Å². The highest BCUT2D eigenvalue weighted by Gasteiger charge is 2.30. The van der Waals surface area contributed by atoms with Gasteiger partial charge in [0.2, 0.25) is 0 Å². The molecule has 3 nitrogen and oxygen atoms in total. The van der Waals surface area contributed by atoms with E-state index in [1.54, 1.807) is 12.1 Å². The van der Waals surface area contributed by atoms with Crippen molar-refractivity contribution < 1.29 is 18.0 Å². The SMILES string of the molecule is CSc1ccc(NC(=O)c2cccc(C(F)(F)F)c2)cc1C#N. The molecule has 1 amide bonds. The number of hydrogen-bond donors (Lipinski definition) is 1. The molecule has 0 radical (unpaired) electrons. The quantitative estimate of drug-likeness (QED) is 0.837. The fourth-order valence-electron chi connectivity index (χ4n) is 1.91. The van der Waals surface area contributed by atoms with Crippen LogP contribution in [0.1, 0.15) is 21.5 Å². The topological polar surface area (TPSA) is 52.9 Å². The Bertz CT molecular complexity index is 782. The Morgan fingerprint density at radius 2 is 1.96 bits per heavy atom. The number of nitrogens with zero attached hydrogens (tertiary/aromatic N) is 1. The maximum atomic E-state index is 12.7. The van der Waals surface area contributed by atoms with E-state index in [2.05, 4.69) is 5.32 Å². The molecule has 0 atom stereocenters. The fourth-order valence-corrected chi connectivity index (χ4v) is 2.44. The summed E-state index contributed by atoms with van der Waals surface area (Å²) in [7, 11) is 0. The van der Waals surface area contributed by atoms with Gasteiger partial charge in [-0.25, -0.2) is 0 Å². The molecule has 2 aromatic rings. The maximum absolute atomic E-state index is 12.7. The summed E-state index contributed by atoms with van der Waals surface area (Å²) < 4.78 is 38.0. The van der Waals surface area contributed by atoms with Gasteiger partial charge in [0.15, 0.2) is 0 Å². The lowest BCUT2D eigenvalue weighted by Crippen LogP contribution is -2.14. The van der Waals surface area contributed by atoms with Crippen molar-refractivity contribution in [3.05, 3.63) is 59.2 Å². The van der Waals surface area contributed by atoms with Crippen LogP contribution in [0.4, 0.5) is 18.9 Å². The minimum Gasteiger partial charge on any atom is -0.322 e. The van der Waals surface area contributed by atoms with E-state index in [-0.39, 0.29) is 5.56 Å². The van der Waals surface area contributed by atoms with Crippen molar-refractivity contribution in [3.8, 4) is 6.07 Å². The van der Waals surface area contributed by atoms with Crippen molar-refractivity contribution in [3.63, 3.8) is 0 Å². The molecule has 23 heavy (non-hydrogen) atoms. The van der Waals surface area contributed by atoms with Gasteiger partial charge in [0.05, 0.1) is 11.1 Å². The second-order valence-electron chi connectivity index (χ2n) is 4.56. The van der Waals surface area contributed by atoms with E-state index in [9.17, 15) is 18.0 Å². The van der Waals surface area contributed by atoms with Gasteiger partial charge in [-0.3, -0.25) is 4.79 Å². The second kappa shape index (κ2) is 6.75. The summed E-state index contributed by atoms with van der Waals surface area (Å²) in [6, 6.07) is 10.9. The van der Waals surface area contributed by atoms with Crippen LogP contribution in [0.2, 0.25) is 0 Å². The summed E-state index contributed by atoms with van der Waals surface area (Å²) in [5.41, 5.74) is -0.256. The molecule has 0 heterocycles. The van der Waals surface area contributed by atoms with E-state index in [1.165, 1.54) is 30.0 Å². The number of anilines is 1. The highest BCUT2D eigenvalue weighted by atomic mass is 32.2. The van der Waals surface area contributed by atoms with Gasteiger partial charge < -0.3 is 5.32 Å². The Balaban J connectivity index is 2.25. The monoisotopic (exact) mass is 336 g/mol. The molecule has 7 heteroatoms. The van der Waals surface area contributed by atoms with Gasteiger partial charge in [-0.1, -0.05) is 6.07 Å². The van der Waals surface area contributed by atoms with Gasteiger partial charge >= 0.3 is 6.18 Å². The Hall–Kier alpha value is -2.46. The maximum Gasteiger partial charge on any atom is 0.416 e. The largest absolute Gasteiger partial charge is 0.416 e. The molecule has 0 bridgehead atoms. The number of rotatable bonds is 3. The molecule has 0 aliphatic carbocycles. The number of nitriles is 1. The number of amides is 1. The van der Waals surface area contributed by atoms with Crippen molar-refractivity contribution >= 4 is 23.4 Å². The summed E-state index contributed by atoms with van der Waals surface area (Å²) in [5.74, 6) is -0.670. The Kier molecular flexibility index (Phi) is 4.96. The summed E-state index contributed by atoms with van der Waals surface area (Å²) in [4.78, 5) is 12.8. The van der Waals surface area contributed by atoms with Crippen molar-refractivity contribution in [2.45, 2.75) is 11.1 Å². The Morgan fingerprint density at radius 1 is 1.22 bits per heavy atom. The zero-order valence-electron chi connectivity index (χ0n) is 11.9. The van der Waals surface area contributed by atoms with Gasteiger partial charge in [0, 0.05) is 16.1 Å². The van der Waals surface area contributed by atoms with Crippen LogP contribution in [0.5, 0.6) is 0 Å². The van der Waals surface area contributed by atoms with Gasteiger partial charge in [0.1, 0.15) is 6.07 Å². The average molecular weight is 336 g/mol. The molecule has 0 saturated heterocycles. The molecule has 0 aromatic heterocycles. The predicted molar refractivity (Wildman–Crippen MR) is 82.3 cm³/mol. The molecule has 2 rings (SSSR count). The molecular weight excluding hydrogens is 325 g/mol. The third-order valence-corrected chi connectivity index (χ3v) is 3.83. The second-order valence-corrected chi connectivity index (χ2v) is 5.41. The molecule has 0 aliphatic heterocycles. The predicted octanol–water partition coefficient (Wildman–Crippen LogP) is 4.55. The van der Waals surface area contributed by atoms with Crippen LogP contribution in [0.25, 0.3) is 0 Å².